The molecular formula is C21H18F3N3O3. The van der Waals surface area contributed by atoms with Gasteiger partial charge in [0.15, 0.2) is 11.6 Å². The predicted octanol–water partition coefficient (Wildman–Crippen LogP) is 3.45. The third kappa shape index (κ3) is 3.86. The lowest BCUT2D eigenvalue weighted by Crippen LogP contribution is -2.50. The first-order chi connectivity index (χ1) is 14.3. The summed E-state index contributed by atoms with van der Waals surface area (Å²) in [6.45, 7) is 0.0914. The number of benzene rings is 2. The third-order valence-corrected chi connectivity index (χ3v) is 5.13. The van der Waals surface area contributed by atoms with Crippen LogP contribution >= 0.6 is 0 Å². The largest absolute Gasteiger partial charge is 0.416 e. The Morgan fingerprint density at radius 1 is 1.07 bits per heavy atom. The quantitative estimate of drug-likeness (QED) is 0.677. The van der Waals surface area contributed by atoms with Crippen molar-refractivity contribution in [2.24, 2.45) is 0 Å². The minimum absolute atomic E-state index is 0.0481. The Kier molecular flexibility index (Phi) is 5.17. The number of Topliss-reactive ketones (excluding diaryl/α,β-unsaturated/α-hetero) is 1. The first-order valence-electron chi connectivity index (χ1n) is 9.28. The van der Waals surface area contributed by atoms with E-state index < -0.39 is 23.1 Å². The molecule has 0 saturated carbocycles. The molecule has 1 atom stereocenters. The number of aromatic nitrogens is 2. The van der Waals surface area contributed by atoms with Crippen LogP contribution in [0.3, 0.4) is 0 Å². The molecule has 0 spiro atoms. The van der Waals surface area contributed by atoms with Crippen LogP contribution in [-0.4, -0.2) is 46.4 Å². The standard InChI is InChI=1S/C21H18F3N3O3/c22-21(23,24)14-7-5-13(6-8-14)18-15-3-1-2-4-16(15)19(27-26-18)25-12-20(29)9-10-30-11-17(20)28/h1-8,29H,9-12H2,(H,25,27). The minimum Gasteiger partial charge on any atom is -0.380 e. The van der Waals surface area contributed by atoms with Gasteiger partial charge in [-0.2, -0.15) is 13.2 Å². The van der Waals surface area contributed by atoms with Crippen LogP contribution in [0, 0.1) is 0 Å². The van der Waals surface area contributed by atoms with Gasteiger partial charge in [0.05, 0.1) is 18.7 Å². The number of ether oxygens (including phenoxy) is 1. The fourth-order valence-electron chi connectivity index (χ4n) is 3.36. The van der Waals surface area contributed by atoms with E-state index in [1.54, 1.807) is 24.3 Å². The molecule has 1 aliphatic rings. The maximum atomic E-state index is 12.8. The highest BCUT2D eigenvalue weighted by atomic mass is 19.4. The lowest BCUT2D eigenvalue weighted by Gasteiger charge is -2.30. The average molecular weight is 417 g/mol. The number of rotatable bonds is 4. The summed E-state index contributed by atoms with van der Waals surface area (Å²) in [6, 6.07) is 11.9. The molecule has 0 aliphatic carbocycles. The van der Waals surface area contributed by atoms with E-state index in [4.69, 9.17) is 4.74 Å². The number of anilines is 1. The Bertz CT molecular complexity index is 1090. The summed E-state index contributed by atoms with van der Waals surface area (Å²) < 4.78 is 43.6. The van der Waals surface area contributed by atoms with E-state index in [-0.39, 0.29) is 26.2 Å². The molecular weight excluding hydrogens is 399 g/mol. The van der Waals surface area contributed by atoms with Crippen LogP contribution in [0.15, 0.2) is 48.5 Å². The maximum Gasteiger partial charge on any atom is 0.416 e. The molecule has 2 aromatic carbocycles. The molecule has 6 nitrogen and oxygen atoms in total. The summed E-state index contributed by atoms with van der Waals surface area (Å²) in [5, 5.41) is 23.3. The summed E-state index contributed by atoms with van der Waals surface area (Å²) in [6.07, 6.45) is -4.24. The number of nitrogens with one attached hydrogen (secondary N) is 1. The molecule has 1 aromatic heterocycles. The number of hydrogen-bond donors (Lipinski definition) is 2. The van der Waals surface area contributed by atoms with Crippen molar-refractivity contribution in [3.05, 3.63) is 54.1 Å². The highest BCUT2D eigenvalue weighted by Crippen LogP contribution is 2.33. The zero-order valence-electron chi connectivity index (χ0n) is 15.7. The van der Waals surface area contributed by atoms with Crippen molar-refractivity contribution < 1.29 is 27.8 Å². The van der Waals surface area contributed by atoms with Gasteiger partial charge in [-0.15, -0.1) is 10.2 Å². The Balaban J connectivity index is 1.66. The molecule has 1 fully saturated rings. The molecule has 0 amide bonds. The van der Waals surface area contributed by atoms with Crippen molar-refractivity contribution in [3.63, 3.8) is 0 Å². The second-order valence-electron chi connectivity index (χ2n) is 7.13. The summed E-state index contributed by atoms with van der Waals surface area (Å²) in [5.41, 5.74) is -1.36. The van der Waals surface area contributed by atoms with Gasteiger partial charge < -0.3 is 15.2 Å². The van der Waals surface area contributed by atoms with Crippen LogP contribution in [-0.2, 0) is 15.7 Å². The Morgan fingerprint density at radius 3 is 2.43 bits per heavy atom. The molecule has 4 rings (SSSR count). The van der Waals surface area contributed by atoms with E-state index >= 15 is 0 Å². The molecule has 9 heteroatoms. The zero-order chi connectivity index (χ0) is 21.4. The summed E-state index contributed by atoms with van der Waals surface area (Å²) >= 11 is 0. The van der Waals surface area contributed by atoms with Crippen LogP contribution in [0.4, 0.5) is 19.0 Å². The number of aliphatic hydroxyl groups is 1. The zero-order valence-corrected chi connectivity index (χ0v) is 15.7. The van der Waals surface area contributed by atoms with Gasteiger partial charge in [-0.3, -0.25) is 4.79 Å². The number of ketones is 1. The number of hydrogen-bond acceptors (Lipinski definition) is 6. The van der Waals surface area contributed by atoms with Gasteiger partial charge >= 0.3 is 6.18 Å². The van der Waals surface area contributed by atoms with Crippen molar-refractivity contribution in [1.82, 2.24) is 10.2 Å². The second-order valence-corrected chi connectivity index (χ2v) is 7.13. The summed E-state index contributed by atoms with van der Waals surface area (Å²) in [7, 11) is 0. The van der Waals surface area contributed by atoms with Gasteiger partial charge in [-0.1, -0.05) is 36.4 Å². The van der Waals surface area contributed by atoms with Crippen molar-refractivity contribution in [2.75, 3.05) is 25.1 Å². The molecule has 3 aromatic rings. The normalized spacial score (nSPS) is 19.8. The minimum atomic E-state index is -4.41. The predicted molar refractivity (Wildman–Crippen MR) is 104 cm³/mol. The molecule has 1 saturated heterocycles. The lowest BCUT2D eigenvalue weighted by molar-refractivity contribution is -0.150. The van der Waals surface area contributed by atoms with Crippen LogP contribution in [0.1, 0.15) is 12.0 Å². The Morgan fingerprint density at radius 2 is 1.77 bits per heavy atom. The van der Waals surface area contributed by atoms with E-state index in [2.05, 4.69) is 15.5 Å². The van der Waals surface area contributed by atoms with E-state index in [1.165, 1.54) is 12.1 Å². The smallest absolute Gasteiger partial charge is 0.380 e. The van der Waals surface area contributed by atoms with Gasteiger partial charge in [-0.05, 0) is 12.1 Å². The Labute approximate surface area is 169 Å². The summed E-state index contributed by atoms with van der Waals surface area (Å²) in [4.78, 5) is 12.0. The number of alkyl halides is 3. The summed E-state index contributed by atoms with van der Waals surface area (Å²) in [5.74, 6) is -0.0335. The first-order valence-corrected chi connectivity index (χ1v) is 9.28. The number of carbonyl (C=O) groups excluding carboxylic acids is 1. The number of nitrogens with zero attached hydrogens (tertiary/aromatic N) is 2. The topological polar surface area (TPSA) is 84.3 Å². The van der Waals surface area contributed by atoms with Crippen molar-refractivity contribution >= 4 is 22.4 Å². The molecule has 2 heterocycles. The number of fused-ring (bicyclic) bond motifs is 1. The van der Waals surface area contributed by atoms with Gasteiger partial charge in [0, 0.05) is 22.8 Å². The third-order valence-electron chi connectivity index (χ3n) is 5.13. The highest BCUT2D eigenvalue weighted by Gasteiger charge is 2.38. The average Bonchev–Trinajstić information content (AvgIpc) is 2.74. The van der Waals surface area contributed by atoms with Crippen LogP contribution in [0.25, 0.3) is 22.0 Å². The van der Waals surface area contributed by atoms with Crippen molar-refractivity contribution in [1.29, 1.82) is 0 Å². The highest BCUT2D eigenvalue weighted by molar-refractivity contribution is 6.00. The Hall–Kier alpha value is -3.04. The molecule has 156 valence electrons. The van der Waals surface area contributed by atoms with Gasteiger partial charge in [-0.25, -0.2) is 0 Å². The van der Waals surface area contributed by atoms with Crippen LogP contribution in [0.5, 0.6) is 0 Å². The molecule has 0 radical (unpaired) electrons. The monoisotopic (exact) mass is 417 g/mol. The molecule has 2 N–H and O–H groups in total. The maximum absolute atomic E-state index is 12.8. The number of halogens is 3. The van der Waals surface area contributed by atoms with Crippen molar-refractivity contribution in [3.8, 4) is 11.3 Å². The lowest BCUT2D eigenvalue weighted by atomic mass is 9.93. The number of carbonyl (C=O) groups is 1. The van der Waals surface area contributed by atoms with Gasteiger partial charge in [0.1, 0.15) is 17.9 Å². The fourth-order valence-corrected chi connectivity index (χ4v) is 3.36. The molecule has 1 unspecified atom stereocenters. The van der Waals surface area contributed by atoms with E-state index in [0.29, 0.717) is 27.8 Å². The first kappa shape index (κ1) is 20.2. The van der Waals surface area contributed by atoms with E-state index in [1.807, 2.05) is 0 Å². The SMILES string of the molecule is O=C1COCCC1(O)CNc1nnc(-c2ccc(C(F)(F)F)cc2)c2ccccc12. The van der Waals surface area contributed by atoms with E-state index in [0.717, 1.165) is 12.1 Å². The van der Waals surface area contributed by atoms with Crippen LogP contribution < -0.4 is 5.32 Å². The van der Waals surface area contributed by atoms with Gasteiger partial charge in [0.25, 0.3) is 0 Å². The van der Waals surface area contributed by atoms with Gasteiger partial charge in [0.2, 0.25) is 0 Å². The van der Waals surface area contributed by atoms with Crippen LogP contribution in [0.2, 0.25) is 0 Å². The molecule has 30 heavy (non-hydrogen) atoms. The molecule has 0 bridgehead atoms. The van der Waals surface area contributed by atoms with Crippen molar-refractivity contribution in [2.45, 2.75) is 18.2 Å². The second kappa shape index (κ2) is 7.66. The van der Waals surface area contributed by atoms with E-state index in [9.17, 15) is 23.1 Å². The molecule has 1 aliphatic heterocycles. The fraction of sp³-hybridized carbons (Fsp3) is 0.286.